The summed E-state index contributed by atoms with van der Waals surface area (Å²) in [5.41, 5.74) is 5.48. The second-order valence-electron chi connectivity index (χ2n) is 7.49. The van der Waals surface area contributed by atoms with E-state index in [2.05, 4.69) is 13.8 Å². The van der Waals surface area contributed by atoms with E-state index in [1.54, 1.807) is 0 Å². The molecule has 0 saturated heterocycles. The second kappa shape index (κ2) is 29.0. The highest BCUT2D eigenvalue weighted by molar-refractivity contribution is 6.17. The molecule has 0 aliphatic heterocycles. The Morgan fingerprint density at radius 1 is 0.440 bits per heavy atom. The second-order valence-corrected chi connectivity index (χ2v) is 7.87. The monoisotopic (exact) mass is 375 g/mol. The molecule has 0 aromatic rings. The average molecular weight is 376 g/mol. The molecule has 154 valence electrons. The number of rotatable bonds is 19. The van der Waals surface area contributed by atoms with Gasteiger partial charge in [-0.2, -0.15) is 0 Å². The fourth-order valence-electron chi connectivity index (χ4n) is 3.04. The molecule has 0 aromatic heterocycles. The van der Waals surface area contributed by atoms with E-state index in [0.717, 1.165) is 12.4 Å². The lowest BCUT2D eigenvalue weighted by Crippen LogP contribution is -1.97. The maximum atomic E-state index is 5.48. The van der Waals surface area contributed by atoms with Gasteiger partial charge >= 0.3 is 0 Å². The Kier molecular flexibility index (Phi) is 31.9. The molecule has 0 heterocycles. The topological polar surface area (TPSA) is 26.0 Å². The number of alkyl halides is 1. The van der Waals surface area contributed by atoms with E-state index < -0.39 is 0 Å². The van der Waals surface area contributed by atoms with Crippen LogP contribution in [0.3, 0.4) is 0 Å². The molecule has 0 fully saturated rings. The fourth-order valence-corrected chi connectivity index (χ4v) is 3.23. The van der Waals surface area contributed by atoms with Crippen LogP contribution in [0, 0.1) is 0 Å². The van der Waals surface area contributed by atoms with Crippen LogP contribution in [0.1, 0.15) is 136 Å². The lowest BCUT2D eigenvalue weighted by atomic mass is 10.0. The Morgan fingerprint density at radius 3 is 0.960 bits per heavy atom. The molecule has 2 heteroatoms. The Bertz CT molecular complexity index is 177. The Balaban J connectivity index is 0. The molecule has 1 nitrogen and oxygen atoms in total. The van der Waals surface area contributed by atoms with Crippen molar-refractivity contribution in [1.29, 1.82) is 0 Å². The first-order valence-electron chi connectivity index (χ1n) is 11.6. The minimum Gasteiger partial charge on any atom is -0.330 e. The van der Waals surface area contributed by atoms with Gasteiger partial charge < -0.3 is 5.73 Å². The quantitative estimate of drug-likeness (QED) is 0.177. The van der Waals surface area contributed by atoms with Crippen molar-refractivity contribution in [2.45, 2.75) is 136 Å². The summed E-state index contributed by atoms with van der Waals surface area (Å²) in [5.74, 6) is 0.827. The van der Waals surface area contributed by atoms with Crippen LogP contribution in [0.2, 0.25) is 0 Å². The van der Waals surface area contributed by atoms with Crippen LogP contribution in [0.5, 0.6) is 0 Å². The lowest BCUT2D eigenvalue weighted by molar-refractivity contribution is 0.530. The first-order valence-corrected chi connectivity index (χ1v) is 12.1. The van der Waals surface area contributed by atoms with Gasteiger partial charge in [0, 0.05) is 5.88 Å². The van der Waals surface area contributed by atoms with Gasteiger partial charge in [-0.1, -0.05) is 123 Å². The van der Waals surface area contributed by atoms with Crippen molar-refractivity contribution in [2.75, 3.05) is 12.4 Å². The molecule has 0 atom stereocenters. The van der Waals surface area contributed by atoms with Crippen LogP contribution >= 0.6 is 11.6 Å². The molecule has 0 amide bonds. The van der Waals surface area contributed by atoms with Gasteiger partial charge in [0.1, 0.15) is 0 Å². The summed E-state index contributed by atoms with van der Waals surface area (Å²) in [6.07, 6.45) is 26.6. The summed E-state index contributed by atoms with van der Waals surface area (Å²) in [6, 6.07) is 0. The molecule has 0 aliphatic rings. The van der Waals surface area contributed by atoms with Crippen molar-refractivity contribution in [1.82, 2.24) is 0 Å². The highest BCUT2D eigenvalue weighted by Gasteiger charge is 1.94. The summed E-state index contributed by atoms with van der Waals surface area (Å²) < 4.78 is 0. The van der Waals surface area contributed by atoms with E-state index in [-0.39, 0.29) is 0 Å². The van der Waals surface area contributed by atoms with Gasteiger partial charge in [-0.25, -0.2) is 0 Å². The Labute approximate surface area is 165 Å². The van der Waals surface area contributed by atoms with Crippen molar-refractivity contribution in [3.05, 3.63) is 0 Å². The molecule has 0 rings (SSSR count). The molecule has 0 spiro atoms. The zero-order valence-corrected chi connectivity index (χ0v) is 18.6. The van der Waals surface area contributed by atoms with Crippen molar-refractivity contribution >= 4 is 11.6 Å². The van der Waals surface area contributed by atoms with Gasteiger partial charge in [0.05, 0.1) is 0 Å². The summed E-state index contributed by atoms with van der Waals surface area (Å²) in [4.78, 5) is 0. The molecule has 0 aliphatic carbocycles. The van der Waals surface area contributed by atoms with Crippen LogP contribution in [0.4, 0.5) is 0 Å². The SMILES string of the molecule is CCCCCCCCCCCCCCCCCCN.CCCCCCl. The van der Waals surface area contributed by atoms with Crippen LogP contribution in [-0.4, -0.2) is 12.4 Å². The first kappa shape index (κ1) is 27.5. The van der Waals surface area contributed by atoms with Crippen LogP contribution in [0.25, 0.3) is 0 Å². The number of unbranched alkanes of at least 4 members (excludes halogenated alkanes) is 17. The van der Waals surface area contributed by atoms with Crippen LogP contribution in [0.15, 0.2) is 0 Å². The number of hydrogen-bond donors (Lipinski definition) is 1. The van der Waals surface area contributed by atoms with Gasteiger partial charge in [-0.05, 0) is 19.4 Å². The maximum absolute atomic E-state index is 5.48. The van der Waals surface area contributed by atoms with E-state index in [1.165, 1.54) is 122 Å². The van der Waals surface area contributed by atoms with Gasteiger partial charge in [-0.3, -0.25) is 0 Å². The largest absolute Gasteiger partial charge is 0.330 e. The van der Waals surface area contributed by atoms with Gasteiger partial charge in [0.25, 0.3) is 0 Å². The number of nitrogens with two attached hydrogens (primary N) is 1. The Morgan fingerprint density at radius 2 is 0.720 bits per heavy atom. The van der Waals surface area contributed by atoms with Crippen LogP contribution < -0.4 is 5.73 Å². The van der Waals surface area contributed by atoms with E-state index in [4.69, 9.17) is 17.3 Å². The zero-order valence-electron chi connectivity index (χ0n) is 17.8. The number of halogens is 1. The van der Waals surface area contributed by atoms with Gasteiger partial charge in [0.2, 0.25) is 0 Å². The number of hydrogen-bond acceptors (Lipinski definition) is 1. The molecule has 0 bridgehead atoms. The molecule has 0 unspecified atom stereocenters. The average Bonchev–Trinajstić information content (AvgIpc) is 2.64. The minimum absolute atomic E-state index is 0.827. The van der Waals surface area contributed by atoms with Gasteiger partial charge in [-0.15, -0.1) is 11.6 Å². The standard InChI is InChI=1S/C18H39N.C5H11Cl/c1-2-3-4-5-6-7-8-9-10-11-12-13-14-15-16-17-18-19;1-2-3-4-5-6/h2-19H2,1H3;2-5H2,1H3. The third kappa shape index (κ3) is 32.4. The molecule has 25 heavy (non-hydrogen) atoms. The highest BCUT2D eigenvalue weighted by atomic mass is 35.5. The highest BCUT2D eigenvalue weighted by Crippen LogP contribution is 2.13. The lowest BCUT2D eigenvalue weighted by Gasteiger charge is -2.03. The summed E-state index contributed by atoms with van der Waals surface area (Å²) in [5, 5.41) is 0. The van der Waals surface area contributed by atoms with E-state index in [9.17, 15) is 0 Å². The van der Waals surface area contributed by atoms with Crippen molar-refractivity contribution in [3.63, 3.8) is 0 Å². The minimum atomic E-state index is 0.827. The van der Waals surface area contributed by atoms with E-state index in [0.29, 0.717) is 0 Å². The van der Waals surface area contributed by atoms with E-state index >= 15 is 0 Å². The zero-order chi connectivity index (χ0) is 18.8. The molecule has 0 saturated carbocycles. The molecule has 2 N–H and O–H groups in total. The molecule has 0 aromatic carbocycles. The van der Waals surface area contributed by atoms with Crippen molar-refractivity contribution in [3.8, 4) is 0 Å². The third-order valence-corrected chi connectivity index (χ3v) is 5.06. The predicted molar refractivity (Wildman–Crippen MR) is 119 cm³/mol. The van der Waals surface area contributed by atoms with Gasteiger partial charge in [0.15, 0.2) is 0 Å². The summed E-state index contributed by atoms with van der Waals surface area (Å²) in [7, 11) is 0. The van der Waals surface area contributed by atoms with Crippen molar-refractivity contribution < 1.29 is 0 Å². The van der Waals surface area contributed by atoms with Crippen LogP contribution in [-0.2, 0) is 0 Å². The normalized spacial score (nSPS) is 10.6. The Hall–Kier alpha value is 0.250. The predicted octanol–water partition coefficient (Wildman–Crippen LogP) is 8.62. The molecular weight excluding hydrogens is 326 g/mol. The molecule has 0 radical (unpaired) electrons. The third-order valence-electron chi connectivity index (χ3n) is 4.79. The van der Waals surface area contributed by atoms with E-state index in [1.807, 2.05) is 0 Å². The first-order chi connectivity index (χ1) is 12.3. The van der Waals surface area contributed by atoms with Crippen molar-refractivity contribution in [2.24, 2.45) is 5.73 Å². The summed E-state index contributed by atoms with van der Waals surface area (Å²) in [6.45, 7) is 5.34. The summed E-state index contributed by atoms with van der Waals surface area (Å²) >= 11 is 5.38. The maximum Gasteiger partial charge on any atom is 0.0223 e. The fraction of sp³-hybridized carbons (Fsp3) is 1.00. The molecular formula is C23H50ClN. The smallest absolute Gasteiger partial charge is 0.0223 e.